The molecule has 0 amide bonds. The second kappa shape index (κ2) is 6.94. The van der Waals surface area contributed by atoms with Crippen LogP contribution in [0.1, 0.15) is 11.1 Å². The van der Waals surface area contributed by atoms with E-state index in [-0.39, 0.29) is 27.7 Å². The highest BCUT2D eigenvalue weighted by molar-refractivity contribution is 7.90. The molecule has 0 unspecified atom stereocenters. The number of nitrogens with zero attached hydrogens (tertiary/aromatic N) is 2. The van der Waals surface area contributed by atoms with Gasteiger partial charge >= 0.3 is 6.18 Å². The van der Waals surface area contributed by atoms with E-state index in [0.29, 0.717) is 3.97 Å². The number of halogens is 4. The minimum absolute atomic E-state index is 0.0426. The molecule has 150 valence electrons. The van der Waals surface area contributed by atoms with Crippen molar-refractivity contribution in [3.8, 4) is 0 Å². The Balaban J connectivity index is 2.36. The van der Waals surface area contributed by atoms with Gasteiger partial charge in [0, 0.05) is 18.1 Å². The molecule has 0 radical (unpaired) electrons. The number of aromatic nitrogens is 1. The van der Waals surface area contributed by atoms with Gasteiger partial charge < -0.3 is 5.73 Å². The van der Waals surface area contributed by atoms with Crippen molar-refractivity contribution >= 4 is 38.2 Å². The van der Waals surface area contributed by atoms with Crippen LogP contribution in [0, 0.1) is 0 Å². The molecule has 0 saturated heterocycles. The van der Waals surface area contributed by atoms with Gasteiger partial charge in [-0.25, -0.2) is 12.4 Å². The molecule has 0 bridgehead atoms. The normalized spacial score (nSPS) is 12.5. The molecule has 28 heavy (non-hydrogen) atoms. The first kappa shape index (κ1) is 20.4. The Bertz CT molecular complexity index is 1160. The number of para-hydroxylation sites is 1. The molecule has 0 spiro atoms. The summed E-state index contributed by atoms with van der Waals surface area (Å²) in [4.78, 5) is -0.502. The lowest BCUT2D eigenvalue weighted by molar-refractivity contribution is -0.136. The zero-order valence-electron chi connectivity index (χ0n) is 13.9. The first-order valence-electron chi connectivity index (χ1n) is 7.61. The maximum Gasteiger partial charge on any atom is 0.418 e. The van der Waals surface area contributed by atoms with Gasteiger partial charge in [-0.2, -0.15) is 13.2 Å². The standard InChI is InChI=1S/C16H13ClF3N3O4S/c17-13-5-4-10(6-14(13)23(24)25)28(26,27)22-8-9(7-21)11-2-1-3-12(15(11)22)16(18,19)20/h1-6,8,24-25H,7,21H2. The fraction of sp³-hybridized carbons (Fsp3) is 0.125. The van der Waals surface area contributed by atoms with Crippen LogP contribution in [-0.4, -0.2) is 22.8 Å². The van der Waals surface area contributed by atoms with Crippen LogP contribution in [0.25, 0.3) is 10.9 Å². The topological polar surface area (TPSA) is 109 Å². The first-order chi connectivity index (χ1) is 13.0. The van der Waals surface area contributed by atoms with Crippen LogP contribution in [0.5, 0.6) is 0 Å². The average molecular weight is 436 g/mol. The van der Waals surface area contributed by atoms with Gasteiger partial charge in [-0.3, -0.25) is 10.4 Å². The largest absolute Gasteiger partial charge is 0.418 e. The van der Waals surface area contributed by atoms with Crippen LogP contribution in [-0.2, 0) is 22.7 Å². The Kier molecular flexibility index (Phi) is 5.06. The molecule has 0 fully saturated rings. The van der Waals surface area contributed by atoms with Crippen LogP contribution in [0.4, 0.5) is 18.9 Å². The quantitative estimate of drug-likeness (QED) is 0.540. The summed E-state index contributed by atoms with van der Waals surface area (Å²) >= 11 is 5.77. The van der Waals surface area contributed by atoms with Crippen LogP contribution >= 0.6 is 11.6 Å². The molecule has 7 nitrogen and oxygen atoms in total. The Morgan fingerprint density at radius 3 is 2.43 bits per heavy atom. The molecular formula is C16H13ClF3N3O4S. The SMILES string of the molecule is NCc1cn(S(=O)(=O)c2ccc(Cl)c(N(O)O)c2)c2c(C(F)(F)F)cccc12. The van der Waals surface area contributed by atoms with Gasteiger partial charge in [-0.05, 0) is 29.8 Å². The highest BCUT2D eigenvalue weighted by atomic mass is 35.5. The smallest absolute Gasteiger partial charge is 0.326 e. The molecule has 1 aromatic heterocycles. The molecular weight excluding hydrogens is 423 g/mol. The van der Waals surface area contributed by atoms with E-state index in [4.69, 9.17) is 27.7 Å². The lowest BCUT2D eigenvalue weighted by atomic mass is 10.1. The molecule has 4 N–H and O–H groups in total. The molecule has 1 heterocycles. The van der Waals surface area contributed by atoms with Crippen molar-refractivity contribution in [2.45, 2.75) is 17.6 Å². The van der Waals surface area contributed by atoms with Crippen LogP contribution in [0.3, 0.4) is 0 Å². The number of hydrogen-bond acceptors (Lipinski definition) is 6. The van der Waals surface area contributed by atoms with Gasteiger partial charge in [0.15, 0.2) is 0 Å². The summed E-state index contributed by atoms with van der Waals surface area (Å²) in [7, 11) is -4.56. The molecule has 3 aromatic rings. The lowest BCUT2D eigenvalue weighted by Crippen LogP contribution is -2.17. The third-order valence-corrected chi connectivity index (χ3v) is 6.07. The van der Waals surface area contributed by atoms with E-state index in [1.54, 1.807) is 0 Å². The minimum Gasteiger partial charge on any atom is -0.326 e. The van der Waals surface area contributed by atoms with E-state index in [2.05, 4.69) is 0 Å². The van der Waals surface area contributed by atoms with Gasteiger partial charge in [-0.1, -0.05) is 23.7 Å². The maximum atomic E-state index is 13.5. The summed E-state index contributed by atoms with van der Waals surface area (Å²) in [5, 5.41) is 17.8. The fourth-order valence-electron chi connectivity index (χ4n) is 2.82. The van der Waals surface area contributed by atoms with E-state index >= 15 is 0 Å². The second-order valence-corrected chi connectivity index (χ2v) is 7.98. The van der Waals surface area contributed by atoms with E-state index in [1.165, 1.54) is 6.07 Å². The Labute approximate surface area is 161 Å². The minimum atomic E-state index is -4.81. The zero-order valence-corrected chi connectivity index (χ0v) is 15.4. The fourth-order valence-corrected chi connectivity index (χ4v) is 4.44. The molecule has 12 heteroatoms. The Hall–Kier alpha value is -2.31. The van der Waals surface area contributed by atoms with Crippen LogP contribution < -0.4 is 11.0 Å². The van der Waals surface area contributed by atoms with Gasteiger partial charge in [0.1, 0.15) is 5.69 Å². The first-order valence-corrected chi connectivity index (χ1v) is 9.43. The second-order valence-electron chi connectivity index (χ2n) is 5.76. The number of hydrogen-bond donors (Lipinski definition) is 3. The van der Waals surface area contributed by atoms with Crippen molar-refractivity contribution in [1.82, 2.24) is 3.97 Å². The van der Waals surface area contributed by atoms with E-state index < -0.39 is 37.9 Å². The van der Waals surface area contributed by atoms with Gasteiger partial charge in [-0.15, -0.1) is 5.23 Å². The summed E-state index contributed by atoms with van der Waals surface area (Å²) in [6.07, 6.45) is -3.80. The molecule has 2 aromatic carbocycles. The van der Waals surface area contributed by atoms with Crippen molar-refractivity contribution in [3.63, 3.8) is 0 Å². The number of anilines is 1. The number of benzene rings is 2. The van der Waals surface area contributed by atoms with Gasteiger partial charge in [0.2, 0.25) is 0 Å². The molecule has 0 aliphatic rings. The van der Waals surface area contributed by atoms with E-state index in [9.17, 15) is 21.6 Å². The molecule has 0 saturated carbocycles. The Morgan fingerprint density at radius 2 is 1.86 bits per heavy atom. The summed E-state index contributed by atoms with van der Waals surface area (Å²) in [6, 6.07) is 6.21. The third-order valence-electron chi connectivity index (χ3n) is 4.09. The molecule has 0 atom stereocenters. The molecule has 3 rings (SSSR count). The highest BCUT2D eigenvalue weighted by Crippen LogP contribution is 2.38. The maximum absolute atomic E-state index is 13.5. The molecule has 0 aliphatic heterocycles. The highest BCUT2D eigenvalue weighted by Gasteiger charge is 2.36. The van der Waals surface area contributed by atoms with Crippen molar-refractivity contribution in [2.75, 3.05) is 5.23 Å². The number of nitrogens with two attached hydrogens (primary N) is 1. The summed E-state index contributed by atoms with van der Waals surface area (Å²) in [5.74, 6) is 0. The Morgan fingerprint density at radius 1 is 1.18 bits per heavy atom. The van der Waals surface area contributed by atoms with Crippen molar-refractivity contribution < 1.29 is 32.0 Å². The van der Waals surface area contributed by atoms with Crippen LogP contribution in [0.2, 0.25) is 5.02 Å². The average Bonchev–Trinajstić information content (AvgIpc) is 3.00. The zero-order chi connectivity index (χ0) is 20.9. The van der Waals surface area contributed by atoms with Gasteiger partial charge in [0.05, 0.1) is 21.0 Å². The monoisotopic (exact) mass is 435 g/mol. The summed E-state index contributed by atoms with van der Waals surface area (Å²) in [6.45, 7) is -0.187. The summed E-state index contributed by atoms with van der Waals surface area (Å²) < 4.78 is 67.1. The van der Waals surface area contributed by atoms with E-state index in [0.717, 1.165) is 36.5 Å². The lowest BCUT2D eigenvalue weighted by Gasteiger charge is -2.15. The predicted molar refractivity (Wildman–Crippen MR) is 94.9 cm³/mol. The number of rotatable bonds is 4. The van der Waals surface area contributed by atoms with Crippen molar-refractivity contribution in [1.29, 1.82) is 0 Å². The summed E-state index contributed by atoms with van der Waals surface area (Å²) in [5.41, 5.74) is 3.59. The number of fused-ring (bicyclic) bond motifs is 1. The molecule has 0 aliphatic carbocycles. The predicted octanol–water partition coefficient (Wildman–Crippen LogP) is 3.59. The van der Waals surface area contributed by atoms with Crippen molar-refractivity contribution in [2.24, 2.45) is 5.73 Å². The van der Waals surface area contributed by atoms with Crippen molar-refractivity contribution in [3.05, 3.63) is 58.7 Å². The van der Waals surface area contributed by atoms with E-state index in [1.807, 2.05) is 0 Å². The number of alkyl halides is 3. The van der Waals surface area contributed by atoms with Crippen LogP contribution in [0.15, 0.2) is 47.5 Å². The third kappa shape index (κ3) is 3.31. The van der Waals surface area contributed by atoms with Gasteiger partial charge in [0.25, 0.3) is 10.0 Å².